The molecule has 0 aliphatic carbocycles. The average Bonchev–Trinajstić information content (AvgIpc) is 2.67. The molecule has 1 saturated heterocycles. The number of hydrogen-bond acceptors (Lipinski definition) is 2. The van der Waals surface area contributed by atoms with Gasteiger partial charge in [-0.05, 0) is 32.9 Å². The summed E-state index contributed by atoms with van der Waals surface area (Å²) in [4.78, 5) is 13.6. The largest absolute Gasteiger partial charge is 0.339 e. The smallest absolute Gasteiger partial charge is 0.246 e. The van der Waals surface area contributed by atoms with Gasteiger partial charge in [0.2, 0.25) is 5.91 Å². The quantitative estimate of drug-likeness (QED) is 0.556. The zero-order valence-corrected chi connectivity index (χ0v) is 9.57. The van der Waals surface area contributed by atoms with Crippen molar-refractivity contribution in [3.63, 3.8) is 0 Å². The minimum absolute atomic E-state index is 0.131. The highest BCUT2D eigenvalue weighted by Crippen LogP contribution is 2.15. The van der Waals surface area contributed by atoms with Crippen LogP contribution in [-0.2, 0) is 4.79 Å². The molecule has 0 aromatic carbocycles. The summed E-state index contributed by atoms with van der Waals surface area (Å²) in [6.07, 6.45) is 8.34. The normalized spacial score (nSPS) is 22.0. The number of carbonyl (C=O) groups is 1. The maximum atomic E-state index is 11.7. The van der Waals surface area contributed by atoms with Crippen molar-refractivity contribution < 1.29 is 4.79 Å². The van der Waals surface area contributed by atoms with E-state index in [1.807, 2.05) is 31.0 Å². The minimum Gasteiger partial charge on any atom is -0.339 e. The van der Waals surface area contributed by atoms with Gasteiger partial charge in [-0.2, -0.15) is 0 Å². The van der Waals surface area contributed by atoms with Gasteiger partial charge >= 0.3 is 0 Å². The molecule has 0 aromatic heterocycles. The van der Waals surface area contributed by atoms with Gasteiger partial charge in [-0.25, -0.2) is 0 Å². The minimum atomic E-state index is 0.131. The Morgan fingerprint density at radius 2 is 2.33 bits per heavy atom. The molecular weight excluding hydrogens is 188 g/mol. The fourth-order valence-electron chi connectivity index (χ4n) is 1.84. The Bertz CT molecular complexity index is 258. The Morgan fingerprint density at radius 3 is 3.00 bits per heavy atom. The van der Waals surface area contributed by atoms with Crippen LogP contribution in [0.15, 0.2) is 24.3 Å². The summed E-state index contributed by atoms with van der Waals surface area (Å²) in [7, 11) is 1.95. The predicted octanol–water partition coefficient (Wildman–Crippen LogP) is 1.19. The molecule has 0 bridgehead atoms. The highest BCUT2D eigenvalue weighted by Gasteiger charge is 2.23. The van der Waals surface area contributed by atoms with Crippen LogP contribution in [-0.4, -0.2) is 37.5 Å². The second-order valence-corrected chi connectivity index (χ2v) is 3.88. The van der Waals surface area contributed by atoms with Crippen LogP contribution < -0.4 is 5.32 Å². The van der Waals surface area contributed by atoms with Gasteiger partial charge in [-0.3, -0.25) is 4.79 Å². The van der Waals surface area contributed by atoms with E-state index >= 15 is 0 Å². The first-order chi connectivity index (χ1) is 7.27. The zero-order chi connectivity index (χ0) is 11.1. The monoisotopic (exact) mass is 208 g/mol. The van der Waals surface area contributed by atoms with Gasteiger partial charge in [-0.15, -0.1) is 0 Å². The highest BCUT2D eigenvalue weighted by atomic mass is 16.2. The molecule has 1 N–H and O–H groups in total. The molecule has 0 aromatic rings. The summed E-state index contributed by atoms with van der Waals surface area (Å²) in [5.74, 6) is 0.751. The molecule has 1 fully saturated rings. The maximum absolute atomic E-state index is 11.7. The number of carbonyl (C=O) groups excluding carboxylic acids is 1. The Labute approximate surface area is 91.8 Å². The van der Waals surface area contributed by atoms with E-state index in [0.29, 0.717) is 5.92 Å². The van der Waals surface area contributed by atoms with Crippen LogP contribution in [0.2, 0.25) is 0 Å². The van der Waals surface area contributed by atoms with Gasteiger partial charge in [0.1, 0.15) is 0 Å². The number of amides is 1. The van der Waals surface area contributed by atoms with Gasteiger partial charge in [0.05, 0.1) is 0 Å². The Balaban J connectivity index is 2.36. The van der Waals surface area contributed by atoms with E-state index < -0.39 is 0 Å². The van der Waals surface area contributed by atoms with Gasteiger partial charge in [0.15, 0.2) is 0 Å². The molecule has 0 spiro atoms. The number of allylic oxidation sites excluding steroid dienone is 3. The van der Waals surface area contributed by atoms with Crippen LogP contribution in [0.5, 0.6) is 0 Å². The second-order valence-electron chi connectivity index (χ2n) is 3.88. The predicted molar refractivity (Wildman–Crippen MR) is 62.6 cm³/mol. The molecule has 3 heteroatoms. The van der Waals surface area contributed by atoms with Gasteiger partial charge in [0.25, 0.3) is 0 Å². The fourth-order valence-corrected chi connectivity index (χ4v) is 1.84. The molecular formula is C12H20N2O. The number of hydrogen-bond donors (Lipinski definition) is 1. The van der Waals surface area contributed by atoms with E-state index in [-0.39, 0.29) is 5.91 Å². The van der Waals surface area contributed by atoms with Crippen molar-refractivity contribution in [3.8, 4) is 0 Å². The van der Waals surface area contributed by atoms with Crippen molar-refractivity contribution >= 4 is 5.91 Å². The second kappa shape index (κ2) is 6.40. The number of nitrogens with one attached hydrogen (secondary N) is 1. The van der Waals surface area contributed by atoms with Crippen molar-refractivity contribution in [1.29, 1.82) is 0 Å². The molecule has 15 heavy (non-hydrogen) atoms. The van der Waals surface area contributed by atoms with E-state index in [1.165, 1.54) is 0 Å². The van der Waals surface area contributed by atoms with Crippen LogP contribution in [0.25, 0.3) is 0 Å². The lowest BCUT2D eigenvalue weighted by Crippen LogP contribution is -2.28. The molecule has 1 aliphatic rings. The van der Waals surface area contributed by atoms with Gasteiger partial charge < -0.3 is 10.2 Å². The maximum Gasteiger partial charge on any atom is 0.246 e. The topological polar surface area (TPSA) is 32.3 Å². The van der Waals surface area contributed by atoms with Crippen LogP contribution >= 0.6 is 0 Å². The van der Waals surface area contributed by atoms with Gasteiger partial charge in [0, 0.05) is 19.2 Å². The first kappa shape index (κ1) is 12.0. The van der Waals surface area contributed by atoms with E-state index in [4.69, 9.17) is 0 Å². The molecule has 84 valence electrons. The third-order valence-electron chi connectivity index (χ3n) is 2.63. The highest BCUT2D eigenvalue weighted by molar-refractivity contribution is 5.88. The van der Waals surface area contributed by atoms with Crippen molar-refractivity contribution in [3.05, 3.63) is 24.3 Å². The lowest BCUT2D eigenvalue weighted by atomic mass is 10.1. The molecule has 0 unspecified atom stereocenters. The van der Waals surface area contributed by atoms with Crippen molar-refractivity contribution in [2.45, 2.75) is 13.3 Å². The van der Waals surface area contributed by atoms with E-state index in [2.05, 4.69) is 5.32 Å². The molecule has 1 heterocycles. The summed E-state index contributed by atoms with van der Waals surface area (Å²) in [5.41, 5.74) is 0. The summed E-state index contributed by atoms with van der Waals surface area (Å²) < 4.78 is 0. The average molecular weight is 208 g/mol. The number of rotatable bonds is 4. The molecule has 1 rings (SSSR count). The van der Waals surface area contributed by atoms with Crippen molar-refractivity contribution in [2.75, 3.05) is 26.7 Å². The van der Waals surface area contributed by atoms with Crippen molar-refractivity contribution in [1.82, 2.24) is 10.2 Å². The van der Waals surface area contributed by atoms with E-state index in [9.17, 15) is 4.79 Å². The fraction of sp³-hybridized carbons (Fsp3) is 0.583. The molecule has 1 atom stereocenters. The SMILES string of the molecule is C/C=C/C=C\C(=O)N1CC[C@H](CNC)C1. The third-order valence-corrected chi connectivity index (χ3v) is 2.63. The van der Waals surface area contributed by atoms with Crippen LogP contribution in [0, 0.1) is 5.92 Å². The summed E-state index contributed by atoms with van der Waals surface area (Å²) in [6, 6.07) is 0. The Morgan fingerprint density at radius 1 is 1.53 bits per heavy atom. The third kappa shape index (κ3) is 3.88. The first-order valence-corrected chi connectivity index (χ1v) is 5.50. The van der Waals surface area contributed by atoms with E-state index in [0.717, 1.165) is 26.1 Å². The van der Waals surface area contributed by atoms with Crippen LogP contribution in [0.3, 0.4) is 0 Å². The van der Waals surface area contributed by atoms with Crippen molar-refractivity contribution in [2.24, 2.45) is 5.92 Å². The van der Waals surface area contributed by atoms with E-state index in [1.54, 1.807) is 12.2 Å². The van der Waals surface area contributed by atoms with Crippen LogP contribution in [0.4, 0.5) is 0 Å². The lowest BCUT2D eigenvalue weighted by Gasteiger charge is -2.13. The Kier molecular flexibility index (Phi) is 5.12. The molecule has 1 aliphatic heterocycles. The summed E-state index contributed by atoms with van der Waals surface area (Å²) in [5, 5.41) is 3.15. The first-order valence-electron chi connectivity index (χ1n) is 5.50. The van der Waals surface area contributed by atoms with Gasteiger partial charge in [-0.1, -0.05) is 18.2 Å². The lowest BCUT2D eigenvalue weighted by molar-refractivity contribution is -0.125. The Hall–Kier alpha value is -1.09. The number of nitrogens with zero attached hydrogens (tertiary/aromatic N) is 1. The molecule has 1 amide bonds. The zero-order valence-electron chi connectivity index (χ0n) is 9.57. The molecule has 3 nitrogen and oxygen atoms in total. The number of likely N-dealkylation sites (tertiary alicyclic amines) is 1. The standard InChI is InChI=1S/C12H20N2O/c1-3-4-5-6-12(15)14-8-7-11(10-14)9-13-2/h3-6,11,13H,7-10H2,1-2H3/b4-3+,6-5-/t11-/m1/s1. The van der Waals surface area contributed by atoms with Crippen LogP contribution in [0.1, 0.15) is 13.3 Å². The molecule has 0 radical (unpaired) electrons. The summed E-state index contributed by atoms with van der Waals surface area (Å²) in [6.45, 7) is 4.72. The summed E-state index contributed by atoms with van der Waals surface area (Å²) >= 11 is 0. The molecule has 0 saturated carbocycles.